The van der Waals surface area contributed by atoms with E-state index in [1.807, 2.05) is 0 Å². The molecule has 214 valence electrons. The third-order valence-corrected chi connectivity index (χ3v) is 12.9. The van der Waals surface area contributed by atoms with Gasteiger partial charge in [-0.05, 0) is 24.3 Å². The summed E-state index contributed by atoms with van der Waals surface area (Å²) in [5, 5.41) is 7.30. The van der Waals surface area contributed by atoms with E-state index in [0.717, 1.165) is 47.7 Å². The topological polar surface area (TPSA) is 95.3 Å². The molecule has 1 spiro atoms. The van der Waals surface area contributed by atoms with Crippen molar-refractivity contribution < 1.29 is 9.59 Å². The van der Waals surface area contributed by atoms with Gasteiger partial charge in [0.05, 0.1) is 29.1 Å². The summed E-state index contributed by atoms with van der Waals surface area (Å²) in [5.74, 6) is 1.85. The predicted octanol–water partition coefficient (Wildman–Crippen LogP) is 5.03. The van der Waals surface area contributed by atoms with Gasteiger partial charge < -0.3 is 10.6 Å². The minimum Gasteiger partial charge on any atom is -0.365 e. The van der Waals surface area contributed by atoms with Gasteiger partial charge in [0.25, 0.3) is 0 Å². The summed E-state index contributed by atoms with van der Waals surface area (Å²) in [5.41, 5.74) is 5.28. The van der Waals surface area contributed by atoms with Crippen LogP contribution < -0.4 is 10.6 Å². The van der Waals surface area contributed by atoms with Crippen LogP contribution in [0.5, 0.6) is 0 Å². The summed E-state index contributed by atoms with van der Waals surface area (Å²) in [4.78, 5) is 42.5. The second-order valence-corrected chi connectivity index (χ2v) is 14.9. The highest BCUT2D eigenvalue weighted by molar-refractivity contribution is 6.26. The van der Waals surface area contributed by atoms with Crippen LogP contribution in [0.4, 0.5) is 0 Å². The van der Waals surface area contributed by atoms with Crippen LogP contribution in [0.2, 0.25) is 0 Å². The van der Waals surface area contributed by atoms with E-state index in [9.17, 15) is 9.59 Å². The van der Waals surface area contributed by atoms with E-state index in [1.54, 1.807) is 0 Å². The van der Waals surface area contributed by atoms with E-state index in [4.69, 9.17) is 15.0 Å². The van der Waals surface area contributed by atoms with Crippen LogP contribution in [0.15, 0.2) is 38.0 Å². The molecule has 2 saturated heterocycles. The average molecular weight is 544 g/mol. The molecule has 8 bridgehead atoms. The van der Waals surface area contributed by atoms with E-state index in [-0.39, 0.29) is 52.4 Å². The molecular weight excluding hydrogens is 498 g/mol. The Bertz CT molecular complexity index is 1380. The van der Waals surface area contributed by atoms with Gasteiger partial charge in [-0.3, -0.25) is 24.6 Å². The number of fused-ring (bicyclic) bond motifs is 4. The van der Waals surface area contributed by atoms with Crippen molar-refractivity contribution in [3.8, 4) is 0 Å². The number of rotatable bonds is 0. The first-order valence-corrected chi connectivity index (χ1v) is 15.6. The molecule has 0 radical (unpaired) electrons. The number of hydrogen-bond acceptors (Lipinski definition) is 6. The first kappa shape index (κ1) is 26.3. The van der Waals surface area contributed by atoms with E-state index < -0.39 is 5.66 Å². The Labute approximate surface area is 238 Å². The first-order chi connectivity index (χ1) is 18.8. The molecule has 40 heavy (non-hydrogen) atoms. The van der Waals surface area contributed by atoms with Crippen molar-refractivity contribution in [3.05, 3.63) is 23.0 Å². The quantitative estimate of drug-likeness (QED) is 0.449. The molecule has 2 unspecified atom stereocenters. The van der Waals surface area contributed by atoms with Gasteiger partial charge in [-0.15, -0.1) is 0 Å². The number of carbonyl (C=O) groups excluding carboxylic acids is 2. The van der Waals surface area contributed by atoms with Gasteiger partial charge in [0.2, 0.25) is 5.91 Å². The predicted molar refractivity (Wildman–Crippen MR) is 158 cm³/mol. The number of nitrogens with one attached hydrogen (secondary N) is 2. The fourth-order valence-electron chi connectivity index (χ4n) is 9.13. The van der Waals surface area contributed by atoms with Crippen molar-refractivity contribution in [1.82, 2.24) is 10.6 Å². The van der Waals surface area contributed by atoms with Crippen molar-refractivity contribution in [2.75, 3.05) is 0 Å². The summed E-state index contributed by atoms with van der Waals surface area (Å²) in [6.45, 7) is 18.3. The summed E-state index contributed by atoms with van der Waals surface area (Å²) in [7, 11) is 0. The number of allylic oxidation sites excluding steroid dienone is 4. The lowest BCUT2D eigenvalue weighted by molar-refractivity contribution is -0.120. The lowest BCUT2D eigenvalue weighted by atomic mass is 9.67. The lowest BCUT2D eigenvalue weighted by Crippen LogP contribution is -2.58. The highest BCUT2D eigenvalue weighted by Crippen LogP contribution is 2.57. The molecule has 7 aliphatic rings. The Balaban J connectivity index is 1.44. The van der Waals surface area contributed by atoms with Crippen molar-refractivity contribution >= 4 is 28.8 Å². The van der Waals surface area contributed by atoms with Crippen LogP contribution in [-0.2, 0) is 9.59 Å². The highest BCUT2D eigenvalue weighted by Gasteiger charge is 2.65. The maximum Gasteiger partial charge on any atom is 0.222 e. The van der Waals surface area contributed by atoms with Crippen molar-refractivity contribution in [2.24, 2.45) is 61.3 Å². The zero-order valence-electron chi connectivity index (χ0n) is 25.4. The smallest absolute Gasteiger partial charge is 0.222 e. The number of aliphatic imine (C=N–C) groups is 3. The number of nitrogens with zero attached hydrogens (tertiary/aromatic N) is 3. The molecule has 0 aromatic rings. The van der Waals surface area contributed by atoms with E-state index in [2.05, 4.69) is 72.1 Å². The minimum absolute atomic E-state index is 0.0594. The number of Topliss-reactive ketones (excluding diaryl/α,β-unsaturated/α-hetero) is 1. The molecule has 1 amide bonds. The van der Waals surface area contributed by atoms with Gasteiger partial charge in [0.15, 0.2) is 5.78 Å². The Morgan fingerprint density at radius 1 is 0.950 bits per heavy atom. The average Bonchev–Trinajstić information content (AvgIpc) is 3.55. The van der Waals surface area contributed by atoms with Crippen LogP contribution in [0.1, 0.15) is 87.5 Å². The number of hydrogen-bond donors (Lipinski definition) is 2. The number of amides is 1. The fraction of sp³-hybridized carbons (Fsp3) is 0.727. The molecule has 0 aromatic carbocycles. The molecule has 1 saturated carbocycles. The van der Waals surface area contributed by atoms with Crippen LogP contribution in [0.3, 0.4) is 0 Å². The molecule has 0 aromatic heterocycles. The maximum absolute atomic E-state index is 13.5. The highest BCUT2D eigenvalue weighted by atomic mass is 16.2. The SMILES string of the molecule is C[C@@H]1C2CC3=NC(C[C@@]45NC(=O)C[C@@]4(C)[C@H](C)/C(=C/C4=NC(=C6/C(=O)CC[C@@H]1C6=N2)/[C@H](C)[C@H]4C)N5)[C@@H](C)C3(C)C. The molecule has 7 nitrogen and oxygen atoms in total. The van der Waals surface area contributed by atoms with Gasteiger partial charge in [-0.2, -0.15) is 0 Å². The van der Waals surface area contributed by atoms with E-state index in [1.165, 1.54) is 5.71 Å². The molecule has 6 aliphatic heterocycles. The minimum atomic E-state index is -0.547. The van der Waals surface area contributed by atoms with Crippen LogP contribution in [-0.4, -0.2) is 46.6 Å². The zero-order chi connectivity index (χ0) is 28.5. The van der Waals surface area contributed by atoms with Crippen molar-refractivity contribution in [3.63, 3.8) is 0 Å². The van der Waals surface area contributed by atoms with Crippen LogP contribution >= 0.6 is 0 Å². The number of carbonyl (C=O) groups is 2. The summed E-state index contributed by atoms with van der Waals surface area (Å²) < 4.78 is 0. The normalized spacial score (nSPS) is 50.0. The molecule has 3 fully saturated rings. The van der Waals surface area contributed by atoms with E-state index >= 15 is 0 Å². The summed E-state index contributed by atoms with van der Waals surface area (Å²) >= 11 is 0. The third kappa shape index (κ3) is 3.26. The molecule has 10 atom stereocenters. The molecule has 6 heterocycles. The van der Waals surface area contributed by atoms with Crippen LogP contribution in [0.25, 0.3) is 0 Å². The van der Waals surface area contributed by atoms with Crippen molar-refractivity contribution in [1.29, 1.82) is 0 Å². The van der Waals surface area contributed by atoms with Gasteiger partial charge in [-0.1, -0.05) is 55.4 Å². The second-order valence-electron chi connectivity index (χ2n) is 14.9. The Hall–Kier alpha value is -2.57. The van der Waals surface area contributed by atoms with Gasteiger partial charge in [-0.25, -0.2) is 0 Å². The molecule has 1 aliphatic carbocycles. The Morgan fingerprint density at radius 3 is 2.45 bits per heavy atom. The summed E-state index contributed by atoms with van der Waals surface area (Å²) in [6.07, 6.45) is 5.79. The monoisotopic (exact) mass is 543 g/mol. The Kier molecular flexibility index (Phi) is 5.44. The van der Waals surface area contributed by atoms with E-state index in [0.29, 0.717) is 30.6 Å². The Morgan fingerprint density at radius 2 is 1.70 bits per heavy atom. The van der Waals surface area contributed by atoms with Crippen LogP contribution in [0, 0.1) is 46.3 Å². The molecule has 7 heteroatoms. The maximum atomic E-state index is 13.5. The second kappa shape index (κ2) is 8.25. The zero-order valence-corrected chi connectivity index (χ0v) is 25.4. The standard InChI is InChI=1S/C33H45N5O2/c1-15-16(2)29-28-25(39)10-9-20-17(3)22(36-30(20)28)12-26-31(6,7)18(4)24(34-26)13-33-32(8,14-27(40)38-33)19(5)23(37-33)11-21(15)35-29/h11,15-20,22,24,37H,9-10,12-14H2,1-8H3,(H,38,40)/b23-11-,29-28-/t15-,16-,17+,18-,19-,20+,22?,24?,32+,33-/m1/s1. The largest absolute Gasteiger partial charge is 0.365 e. The molecule has 2 N–H and O–H groups in total. The number of ketones is 1. The first-order valence-electron chi connectivity index (χ1n) is 15.6. The van der Waals surface area contributed by atoms with Gasteiger partial charge >= 0.3 is 0 Å². The fourth-order valence-corrected chi connectivity index (χ4v) is 9.13. The van der Waals surface area contributed by atoms with Gasteiger partial charge in [0.1, 0.15) is 5.66 Å². The molecular formula is C33H45N5O2. The third-order valence-electron chi connectivity index (χ3n) is 12.9. The van der Waals surface area contributed by atoms with Crippen molar-refractivity contribution in [2.45, 2.75) is 105 Å². The van der Waals surface area contributed by atoms with Gasteiger partial charge in [0, 0.05) is 77.3 Å². The lowest BCUT2D eigenvalue weighted by Gasteiger charge is -2.41. The molecule has 7 rings (SSSR count). The summed E-state index contributed by atoms with van der Waals surface area (Å²) in [6, 6.07) is 0.231.